The van der Waals surface area contributed by atoms with Crippen LogP contribution in [-0.2, 0) is 10.0 Å². The largest absolute Gasteiger partial charge is 0.495 e. The molecule has 0 aliphatic carbocycles. The van der Waals surface area contributed by atoms with Crippen molar-refractivity contribution in [3.05, 3.63) is 23.2 Å². The molecule has 5 nitrogen and oxygen atoms in total. The number of ether oxygens (including phenoxy) is 1. The van der Waals surface area contributed by atoms with Gasteiger partial charge in [0, 0.05) is 12.1 Å². The van der Waals surface area contributed by atoms with Gasteiger partial charge in [0.25, 0.3) is 0 Å². The molecule has 18 heavy (non-hydrogen) atoms. The molecular weight excluding hydrogens is 278 g/mol. The summed E-state index contributed by atoms with van der Waals surface area (Å²) >= 11 is 5.83. The molecule has 1 atom stereocenters. The van der Waals surface area contributed by atoms with E-state index in [2.05, 4.69) is 4.72 Å². The summed E-state index contributed by atoms with van der Waals surface area (Å²) in [5.74, 6) is 0.289. The van der Waals surface area contributed by atoms with Gasteiger partial charge in [-0.1, -0.05) is 18.5 Å². The summed E-state index contributed by atoms with van der Waals surface area (Å²) in [5, 5.41) is 9.35. The number of hydrogen-bond acceptors (Lipinski definition) is 4. The Hall–Kier alpha value is -0.820. The number of nitrogens with one attached hydrogen (secondary N) is 1. The fraction of sp³-hybridized carbons (Fsp3) is 0.455. The second-order valence-electron chi connectivity index (χ2n) is 3.71. The van der Waals surface area contributed by atoms with Crippen LogP contribution in [-0.4, -0.2) is 33.3 Å². The summed E-state index contributed by atoms with van der Waals surface area (Å²) < 4.78 is 31.4. The van der Waals surface area contributed by atoms with Crippen molar-refractivity contribution in [3.8, 4) is 5.75 Å². The molecule has 1 unspecified atom stereocenters. The second kappa shape index (κ2) is 6.38. The minimum Gasteiger partial charge on any atom is -0.495 e. The van der Waals surface area contributed by atoms with E-state index in [0.29, 0.717) is 11.4 Å². The van der Waals surface area contributed by atoms with Gasteiger partial charge in [-0.05, 0) is 18.6 Å². The predicted molar refractivity (Wildman–Crippen MR) is 69.5 cm³/mol. The Morgan fingerprint density at radius 2 is 2.17 bits per heavy atom. The smallest absolute Gasteiger partial charge is 0.241 e. The number of rotatable bonds is 6. The summed E-state index contributed by atoms with van der Waals surface area (Å²) in [6.45, 7) is 1.53. The van der Waals surface area contributed by atoms with Gasteiger partial charge in [0.2, 0.25) is 10.0 Å². The van der Waals surface area contributed by atoms with Crippen LogP contribution < -0.4 is 9.46 Å². The average molecular weight is 294 g/mol. The first-order valence-electron chi connectivity index (χ1n) is 5.41. The van der Waals surface area contributed by atoms with E-state index in [-0.39, 0.29) is 17.3 Å². The number of methoxy groups -OCH3 is 1. The van der Waals surface area contributed by atoms with E-state index in [0.717, 1.165) is 0 Å². The lowest BCUT2D eigenvalue weighted by Crippen LogP contribution is -2.36. The zero-order chi connectivity index (χ0) is 13.8. The van der Waals surface area contributed by atoms with Crippen LogP contribution in [0, 0.1) is 0 Å². The van der Waals surface area contributed by atoms with Gasteiger partial charge < -0.3 is 9.84 Å². The van der Waals surface area contributed by atoms with Crippen molar-refractivity contribution in [2.75, 3.05) is 13.7 Å². The SMILES string of the molecule is CCC(CO)NS(=O)(=O)c1ccc(Cl)c(OC)c1. The van der Waals surface area contributed by atoms with Gasteiger partial charge in [0.15, 0.2) is 0 Å². The van der Waals surface area contributed by atoms with Gasteiger partial charge in [-0.3, -0.25) is 0 Å². The van der Waals surface area contributed by atoms with E-state index in [4.69, 9.17) is 21.4 Å². The Bertz CT molecular complexity index is 500. The fourth-order valence-electron chi connectivity index (χ4n) is 1.34. The number of hydrogen-bond donors (Lipinski definition) is 2. The van der Waals surface area contributed by atoms with E-state index < -0.39 is 16.1 Å². The molecule has 1 aromatic carbocycles. The molecule has 7 heteroatoms. The molecule has 0 saturated heterocycles. The molecule has 0 aromatic heterocycles. The first-order chi connectivity index (χ1) is 8.44. The molecule has 1 aromatic rings. The Morgan fingerprint density at radius 3 is 2.67 bits per heavy atom. The lowest BCUT2D eigenvalue weighted by molar-refractivity contribution is 0.254. The third-order valence-corrected chi connectivity index (χ3v) is 4.30. The molecule has 1 rings (SSSR count). The van der Waals surface area contributed by atoms with Gasteiger partial charge in [-0.25, -0.2) is 13.1 Å². The lowest BCUT2D eigenvalue weighted by Gasteiger charge is -2.15. The fourth-order valence-corrected chi connectivity index (χ4v) is 2.86. The van der Waals surface area contributed by atoms with E-state index in [1.165, 1.54) is 25.3 Å². The zero-order valence-corrected chi connectivity index (χ0v) is 11.8. The highest BCUT2D eigenvalue weighted by molar-refractivity contribution is 7.89. The summed E-state index contributed by atoms with van der Waals surface area (Å²) in [7, 11) is -2.27. The number of benzene rings is 1. The normalized spacial score (nSPS) is 13.3. The van der Waals surface area contributed by atoms with E-state index >= 15 is 0 Å². The Balaban J connectivity index is 3.05. The van der Waals surface area contributed by atoms with Crippen molar-refractivity contribution < 1.29 is 18.3 Å². The van der Waals surface area contributed by atoms with E-state index in [1.807, 2.05) is 0 Å². The highest BCUT2D eigenvalue weighted by Gasteiger charge is 2.19. The van der Waals surface area contributed by atoms with Crippen LogP contribution in [0.5, 0.6) is 5.75 Å². The molecule has 0 amide bonds. The molecule has 102 valence electrons. The third-order valence-electron chi connectivity index (χ3n) is 2.47. The Labute approximate surface area is 112 Å². The highest BCUT2D eigenvalue weighted by atomic mass is 35.5. The maximum Gasteiger partial charge on any atom is 0.241 e. The lowest BCUT2D eigenvalue weighted by atomic mass is 10.3. The molecule has 0 heterocycles. The van der Waals surface area contributed by atoms with Crippen molar-refractivity contribution in [1.29, 1.82) is 0 Å². The van der Waals surface area contributed by atoms with Gasteiger partial charge >= 0.3 is 0 Å². The minimum absolute atomic E-state index is 0.0515. The van der Waals surface area contributed by atoms with Crippen molar-refractivity contribution in [1.82, 2.24) is 4.72 Å². The molecule has 0 aliphatic heterocycles. The topological polar surface area (TPSA) is 75.6 Å². The van der Waals surface area contributed by atoms with Gasteiger partial charge in [-0.15, -0.1) is 0 Å². The summed E-state index contributed by atoms with van der Waals surface area (Å²) in [6, 6.07) is 3.68. The number of aliphatic hydroxyl groups excluding tert-OH is 1. The van der Waals surface area contributed by atoms with E-state index in [9.17, 15) is 8.42 Å². The minimum atomic E-state index is -3.68. The van der Waals surface area contributed by atoms with Crippen molar-refractivity contribution in [3.63, 3.8) is 0 Å². The first-order valence-corrected chi connectivity index (χ1v) is 7.27. The van der Waals surface area contributed by atoms with Crippen LogP contribution >= 0.6 is 11.6 Å². The molecular formula is C11H16ClNO4S. The maximum absolute atomic E-state index is 12.0. The molecule has 0 aliphatic rings. The maximum atomic E-state index is 12.0. The van der Waals surface area contributed by atoms with Gasteiger partial charge in [-0.2, -0.15) is 0 Å². The number of sulfonamides is 1. The molecule has 0 radical (unpaired) electrons. The zero-order valence-electron chi connectivity index (χ0n) is 10.2. The third kappa shape index (κ3) is 3.58. The summed E-state index contributed by atoms with van der Waals surface area (Å²) in [4.78, 5) is 0.0515. The molecule has 2 N–H and O–H groups in total. The quantitative estimate of drug-likeness (QED) is 0.831. The van der Waals surface area contributed by atoms with Crippen molar-refractivity contribution in [2.24, 2.45) is 0 Å². The van der Waals surface area contributed by atoms with E-state index in [1.54, 1.807) is 6.92 Å². The molecule has 0 saturated carbocycles. The predicted octanol–water partition coefficient (Wildman–Crippen LogP) is 1.40. The van der Waals surface area contributed by atoms with Gasteiger partial charge in [0.05, 0.1) is 23.6 Å². The Morgan fingerprint density at radius 1 is 1.50 bits per heavy atom. The second-order valence-corrected chi connectivity index (χ2v) is 5.83. The number of halogens is 1. The van der Waals surface area contributed by atoms with Crippen LogP contribution in [0.2, 0.25) is 5.02 Å². The summed E-state index contributed by atoms with van der Waals surface area (Å²) in [5.41, 5.74) is 0. The van der Waals surface area contributed by atoms with Crippen molar-refractivity contribution >= 4 is 21.6 Å². The monoisotopic (exact) mass is 293 g/mol. The molecule has 0 fully saturated rings. The van der Waals surface area contributed by atoms with Crippen LogP contribution in [0.3, 0.4) is 0 Å². The number of aliphatic hydroxyl groups is 1. The van der Waals surface area contributed by atoms with Crippen LogP contribution in [0.25, 0.3) is 0 Å². The van der Waals surface area contributed by atoms with Crippen molar-refractivity contribution in [2.45, 2.75) is 24.3 Å². The van der Waals surface area contributed by atoms with Crippen LogP contribution in [0.4, 0.5) is 0 Å². The molecule has 0 bridgehead atoms. The van der Waals surface area contributed by atoms with Crippen LogP contribution in [0.1, 0.15) is 13.3 Å². The van der Waals surface area contributed by atoms with Crippen LogP contribution in [0.15, 0.2) is 23.1 Å². The average Bonchev–Trinajstić information content (AvgIpc) is 2.36. The van der Waals surface area contributed by atoms with Gasteiger partial charge in [0.1, 0.15) is 5.75 Å². The summed E-state index contributed by atoms with van der Waals surface area (Å²) in [6.07, 6.45) is 0.500. The standard InChI is InChI=1S/C11H16ClNO4S/c1-3-8(7-14)13-18(15,16)9-4-5-10(12)11(6-9)17-2/h4-6,8,13-14H,3,7H2,1-2H3. The first kappa shape index (κ1) is 15.2. The Kier molecular flexibility index (Phi) is 5.40. The molecule has 0 spiro atoms. The highest BCUT2D eigenvalue weighted by Crippen LogP contribution is 2.27.